The molecule has 4 nitrogen and oxygen atoms in total. The zero-order valence-electron chi connectivity index (χ0n) is 11.4. The Morgan fingerprint density at radius 1 is 1.42 bits per heavy atom. The Bertz CT molecular complexity index is 522. The maximum Gasteiger partial charge on any atom is 0.119 e. The van der Waals surface area contributed by atoms with Gasteiger partial charge in [-0.15, -0.1) is 0 Å². The van der Waals surface area contributed by atoms with Crippen molar-refractivity contribution in [2.24, 2.45) is 7.05 Å². The molecule has 0 fully saturated rings. The number of hydrogen-bond donors (Lipinski definition) is 1. The molecule has 0 amide bonds. The fourth-order valence-corrected chi connectivity index (χ4v) is 1.97. The molecule has 1 N–H and O–H groups in total. The molecule has 0 aliphatic rings. The van der Waals surface area contributed by atoms with E-state index in [4.69, 9.17) is 4.74 Å². The van der Waals surface area contributed by atoms with E-state index in [9.17, 15) is 5.11 Å². The summed E-state index contributed by atoms with van der Waals surface area (Å²) in [6.45, 7) is 2.55. The molecule has 19 heavy (non-hydrogen) atoms. The number of hydrogen-bond acceptors (Lipinski definition) is 3. The van der Waals surface area contributed by atoms with Crippen molar-refractivity contribution in [3.8, 4) is 5.75 Å². The number of aliphatic hydroxyl groups is 1. The molecule has 0 spiro atoms. The quantitative estimate of drug-likeness (QED) is 0.865. The van der Waals surface area contributed by atoms with E-state index in [0.29, 0.717) is 19.4 Å². The average molecular weight is 260 g/mol. The van der Waals surface area contributed by atoms with Crippen molar-refractivity contribution in [2.75, 3.05) is 6.61 Å². The fourth-order valence-electron chi connectivity index (χ4n) is 1.97. The average Bonchev–Trinajstić information content (AvgIpc) is 2.75. The van der Waals surface area contributed by atoms with Crippen LogP contribution in [0.15, 0.2) is 36.7 Å². The van der Waals surface area contributed by atoms with Crippen LogP contribution in [-0.4, -0.2) is 27.6 Å². The topological polar surface area (TPSA) is 47.3 Å². The van der Waals surface area contributed by atoms with Gasteiger partial charge in [-0.25, -0.2) is 0 Å². The van der Waals surface area contributed by atoms with Crippen molar-refractivity contribution < 1.29 is 9.84 Å². The van der Waals surface area contributed by atoms with E-state index in [-0.39, 0.29) is 0 Å². The Morgan fingerprint density at radius 2 is 2.26 bits per heavy atom. The number of aromatic nitrogens is 2. The summed E-state index contributed by atoms with van der Waals surface area (Å²) in [6, 6.07) is 7.93. The summed E-state index contributed by atoms with van der Waals surface area (Å²) in [5.74, 6) is 0.855. The normalized spacial score (nSPS) is 12.4. The molecule has 1 atom stereocenters. The van der Waals surface area contributed by atoms with Crippen LogP contribution in [0.25, 0.3) is 0 Å². The third-order valence-corrected chi connectivity index (χ3v) is 2.94. The van der Waals surface area contributed by atoms with Crippen molar-refractivity contribution in [1.82, 2.24) is 9.78 Å². The summed E-state index contributed by atoms with van der Waals surface area (Å²) in [4.78, 5) is 0. The minimum atomic E-state index is -0.394. The van der Waals surface area contributed by atoms with Gasteiger partial charge in [-0.05, 0) is 30.2 Å². The third kappa shape index (κ3) is 4.41. The van der Waals surface area contributed by atoms with Crippen LogP contribution in [0.3, 0.4) is 0 Å². The lowest BCUT2D eigenvalue weighted by molar-refractivity contribution is 0.139. The fraction of sp³-hybridized carbons (Fsp3) is 0.400. The second-order valence-corrected chi connectivity index (χ2v) is 4.83. The Balaban J connectivity index is 1.73. The van der Waals surface area contributed by atoms with Crippen LogP contribution in [0, 0.1) is 6.92 Å². The predicted octanol–water partition coefficient (Wildman–Crippen LogP) is 2.10. The van der Waals surface area contributed by atoms with Crippen LogP contribution in [0.4, 0.5) is 0 Å². The molecule has 1 aromatic carbocycles. The largest absolute Gasteiger partial charge is 0.493 e. The lowest BCUT2D eigenvalue weighted by Crippen LogP contribution is -2.14. The van der Waals surface area contributed by atoms with Gasteiger partial charge in [0, 0.05) is 26.1 Å². The smallest absolute Gasteiger partial charge is 0.119 e. The maximum atomic E-state index is 9.93. The van der Waals surface area contributed by atoms with E-state index in [0.717, 1.165) is 11.3 Å². The van der Waals surface area contributed by atoms with Crippen LogP contribution in [-0.2, 0) is 13.5 Å². The summed E-state index contributed by atoms with van der Waals surface area (Å²) >= 11 is 0. The summed E-state index contributed by atoms with van der Waals surface area (Å²) in [6.07, 6.45) is 4.54. The number of ether oxygens (including phenoxy) is 1. The molecule has 4 heteroatoms. The van der Waals surface area contributed by atoms with E-state index in [1.54, 1.807) is 10.9 Å². The molecule has 2 rings (SSSR count). The molecular weight excluding hydrogens is 240 g/mol. The second kappa shape index (κ2) is 6.38. The first-order chi connectivity index (χ1) is 9.13. The molecule has 0 aliphatic carbocycles. The third-order valence-electron chi connectivity index (χ3n) is 2.94. The minimum Gasteiger partial charge on any atom is -0.493 e. The molecule has 102 valence electrons. The second-order valence-electron chi connectivity index (χ2n) is 4.83. The Kier molecular flexibility index (Phi) is 4.58. The Labute approximate surface area is 113 Å². The maximum absolute atomic E-state index is 9.93. The number of nitrogens with zero attached hydrogens (tertiary/aromatic N) is 2. The van der Waals surface area contributed by atoms with Crippen molar-refractivity contribution in [1.29, 1.82) is 0 Å². The molecular formula is C15H20N2O2. The zero-order chi connectivity index (χ0) is 13.7. The van der Waals surface area contributed by atoms with E-state index < -0.39 is 6.10 Å². The van der Waals surface area contributed by atoms with Gasteiger partial charge in [0.25, 0.3) is 0 Å². The highest BCUT2D eigenvalue weighted by atomic mass is 16.5. The number of rotatable bonds is 6. The molecule has 0 bridgehead atoms. The number of benzene rings is 1. The number of aryl methyl sites for hydroxylation is 2. The van der Waals surface area contributed by atoms with Gasteiger partial charge < -0.3 is 9.84 Å². The SMILES string of the molecule is Cc1cccc(OCCC(O)Cc2cnn(C)c2)c1. The van der Waals surface area contributed by atoms with Crippen molar-refractivity contribution in [3.05, 3.63) is 47.8 Å². The summed E-state index contributed by atoms with van der Waals surface area (Å²) < 4.78 is 7.36. The van der Waals surface area contributed by atoms with Gasteiger partial charge in [0.2, 0.25) is 0 Å². The lowest BCUT2D eigenvalue weighted by Gasteiger charge is -2.11. The molecule has 1 unspecified atom stereocenters. The van der Waals surface area contributed by atoms with Crippen LogP contribution in [0.1, 0.15) is 17.5 Å². The van der Waals surface area contributed by atoms with Gasteiger partial charge in [0.05, 0.1) is 18.9 Å². The van der Waals surface area contributed by atoms with Crippen LogP contribution in [0.2, 0.25) is 0 Å². The molecule has 1 aromatic heterocycles. The highest BCUT2D eigenvalue weighted by Gasteiger charge is 2.07. The first kappa shape index (κ1) is 13.6. The highest BCUT2D eigenvalue weighted by molar-refractivity contribution is 5.27. The molecule has 0 saturated heterocycles. The predicted molar refractivity (Wildman–Crippen MR) is 74.2 cm³/mol. The molecule has 0 saturated carbocycles. The van der Waals surface area contributed by atoms with Crippen LogP contribution >= 0.6 is 0 Å². The lowest BCUT2D eigenvalue weighted by atomic mass is 10.1. The number of aliphatic hydroxyl groups excluding tert-OH is 1. The summed E-state index contributed by atoms with van der Waals surface area (Å²) in [5.41, 5.74) is 2.22. The van der Waals surface area contributed by atoms with Crippen LogP contribution in [0.5, 0.6) is 5.75 Å². The zero-order valence-corrected chi connectivity index (χ0v) is 11.4. The molecule has 0 radical (unpaired) electrons. The van der Waals surface area contributed by atoms with Crippen molar-refractivity contribution in [3.63, 3.8) is 0 Å². The van der Waals surface area contributed by atoms with Gasteiger partial charge in [-0.1, -0.05) is 12.1 Å². The van der Waals surface area contributed by atoms with Gasteiger partial charge in [-0.3, -0.25) is 4.68 Å². The highest BCUT2D eigenvalue weighted by Crippen LogP contribution is 2.13. The van der Waals surface area contributed by atoms with Crippen molar-refractivity contribution >= 4 is 0 Å². The minimum absolute atomic E-state index is 0.394. The molecule has 1 heterocycles. The monoisotopic (exact) mass is 260 g/mol. The van der Waals surface area contributed by atoms with Gasteiger partial charge in [0.15, 0.2) is 0 Å². The van der Waals surface area contributed by atoms with Gasteiger partial charge in [-0.2, -0.15) is 5.10 Å². The Hall–Kier alpha value is -1.81. The van der Waals surface area contributed by atoms with E-state index in [1.165, 1.54) is 5.56 Å². The van der Waals surface area contributed by atoms with Crippen LogP contribution < -0.4 is 4.74 Å². The van der Waals surface area contributed by atoms with E-state index in [2.05, 4.69) is 5.10 Å². The Morgan fingerprint density at radius 3 is 2.95 bits per heavy atom. The van der Waals surface area contributed by atoms with E-state index in [1.807, 2.05) is 44.4 Å². The first-order valence-electron chi connectivity index (χ1n) is 6.48. The summed E-state index contributed by atoms with van der Waals surface area (Å²) in [5, 5.41) is 14.0. The summed E-state index contributed by atoms with van der Waals surface area (Å²) in [7, 11) is 1.87. The van der Waals surface area contributed by atoms with Gasteiger partial charge in [0.1, 0.15) is 5.75 Å². The molecule has 2 aromatic rings. The van der Waals surface area contributed by atoms with Crippen molar-refractivity contribution in [2.45, 2.75) is 25.9 Å². The van der Waals surface area contributed by atoms with Gasteiger partial charge >= 0.3 is 0 Å². The van der Waals surface area contributed by atoms with E-state index >= 15 is 0 Å². The first-order valence-corrected chi connectivity index (χ1v) is 6.48. The molecule has 0 aliphatic heterocycles. The standard InChI is InChI=1S/C15H20N2O2/c1-12-4-3-5-15(8-12)19-7-6-14(18)9-13-10-16-17(2)11-13/h3-5,8,10-11,14,18H,6-7,9H2,1-2H3.